The molecule has 8 nitrogen and oxygen atoms in total. The largest absolute Gasteiger partial charge is 0.497 e. The molecule has 0 atom stereocenters. The summed E-state index contributed by atoms with van der Waals surface area (Å²) in [6.07, 6.45) is 0. The predicted octanol–water partition coefficient (Wildman–Crippen LogP) is 2.67. The molecule has 2 amide bonds. The smallest absolute Gasteiger partial charge is 0.255 e. The zero-order valence-corrected chi connectivity index (χ0v) is 15.6. The molecule has 0 fully saturated rings. The number of nitrogen functional groups attached to an aromatic ring is 1. The molecular weight excluding hydrogens is 358 g/mol. The summed E-state index contributed by atoms with van der Waals surface area (Å²) >= 11 is 0. The van der Waals surface area contributed by atoms with Crippen LogP contribution in [-0.2, 0) is 11.3 Å². The highest BCUT2D eigenvalue weighted by atomic mass is 16.5. The Hall–Kier alpha value is -3.81. The fraction of sp³-hybridized carbons (Fsp3) is 0.150. The minimum absolute atomic E-state index is 0.0140. The van der Waals surface area contributed by atoms with Crippen LogP contribution in [0.25, 0.3) is 0 Å². The number of hydrogen-bond donors (Lipinski definition) is 3. The number of benzene rings is 2. The Morgan fingerprint density at radius 1 is 1.07 bits per heavy atom. The first-order valence-corrected chi connectivity index (χ1v) is 8.60. The molecule has 4 N–H and O–H groups in total. The number of anilines is 3. The number of hydrogen-bond acceptors (Lipinski definition) is 5. The number of methoxy groups -OCH3 is 1. The summed E-state index contributed by atoms with van der Waals surface area (Å²) in [7, 11) is 1.56. The van der Waals surface area contributed by atoms with Gasteiger partial charge in [0.15, 0.2) is 0 Å². The fourth-order valence-corrected chi connectivity index (χ4v) is 2.67. The topological polar surface area (TPSA) is 111 Å². The Balaban J connectivity index is 1.66. The SMILES string of the molecule is COc1cccc(NC(=O)c2cccc(NC(=O)Cn3nc(C)cc3N)c2)c1. The van der Waals surface area contributed by atoms with Gasteiger partial charge in [-0.15, -0.1) is 0 Å². The Kier molecular flexibility index (Phi) is 5.59. The third kappa shape index (κ3) is 4.67. The van der Waals surface area contributed by atoms with Crippen molar-refractivity contribution in [3.8, 4) is 5.75 Å². The normalized spacial score (nSPS) is 10.4. The fourth-order valence-electron chi connectivity index (χ4n) is 2.67. The van der Waals surface area contributed by atoms with Gasteiger partial charge in [0.25, 0.3) is 5.91 Å². The van der Waals surface area contributed by atoms with Gasteiger partial charge >= 0.3 is 0 Å². The van der Waals surface area contributed by atoms with Crippen molar-refractivity contribution in [3.05, 3.63) is 65.9 Å². The molecule has 0 aliphatic heterocycles. The van der Waals surface area contributed by atoms with Gasteiger partial charge in [-0.1, -0.05) is 12.1 Å². The molecule has 0 saturated carbocycles. The van der Waals surface area contributed by atoms with Gasteiger partial charge in [0.05, 0.1) is 12.8 Å². The second-order valence-corrected chi connectivity index (χ2v) is 6.18. The molecule has 0 spiro atoms. The quantitative estimate of drug-likeness (QED) is 0.610. The van der Waals surface area contributed by atoms with Crippen molar-refractivity contribution >= 4 is 29.0 Å². The highest BCUT2D eigenvalue weighted by Crippen LogP contribution is 2.18. The van der Waals surface area contributed by atoms with Crippen molar-refractivity contribution in [1.82, 2.24) is 9.78 Å². The summed E-state index contributed by atoms with van der Waals surface area (Å²) in [6.45, 7) is 1.79. The van der Waals surface area contributed by atoms with E-state index in [1.165, 1.54) is 4.68 Å². The molecule has 3 aromatic rings. The van der Waals surface area contributed by atoms with Crippen molar-refractivity contribution in [2.75, 3.05) is 23.5 Å². The van der Waals surface area contributed by atoms with E-state index in [4.69, 9.17) is 10.5 Å². The lowest BCUT2D eigenvalue weighted by atomic mass is 10.1. The second-order valence-electron chi connectivity index (χ2n) is 6.18. The van der Waals surface area contributed by atoms with E-state index in [1.807, 2.05) is 0 Å². The summed E-state index contributed by atoms with van der Waals surface area (Å²) in [4.78, 5) is 24.7. The predicted molar refractivity (Wildman–Crippen MR) is 107 cm³/mol. The van der Waals surface area contributed by atoms with E-state index in [9.17, 15) is 9.59 Å². The summed E-state index contributed by atoms with van der Waals surface area (Å²) in [6, 6.07) is 15.4. The van der Waals surface area contributed by atoms with E-state index >= 15 is 0 Å². The van der Waals surface area contributed by atoms with Crippen LogP contribution in [0.15, 0.2) is 54.6 Å². The zero-order chi connectivity index (χ0) is 20.1. The molecule has 0 aliphatic carbocycles. The first kappa shape index (κ1) is 19.0. The monoisotopic (exact) mass is 379 g/mol. The van der Waals surface area contributed by atoms with E-state index in [1.54, 1.807) is 68.6 Å². The third-order valence-corrected chi connectivity index (χ3v) is 3.96. The lowest BCUT2D eigenvalue weighted by Gasteiger charge is -2.10. The summed E-state index contributed by atoms with van der Waals surface area (Å²) in [5, 5.41) is 9.71. The van der Waals surface area contributed by atoms with E-state index < -0.39 is 0 Å². The zero-order valence-electron chi connectivity index (χ0n) is 15.6. The summed E-state index contributed by atoms with van der Waals surface area (Å²) in [5.74, 6) is 0.475. The van der Waals surface area contributed by atoms with Crippen molar-refractivity contribution in [1.29, 1.82) is 0 Å². The van der Waals surface area contributed by atoms with Gasteiger partial charge in [0, 0.05) is 29.1 Å². The highest BCUT2D eigenvalue weighted by molar-refractivity contribution is 6.05. The summed E-state index contributed by atoms with van der Waals surface area (Å²) in [5.41, 5.74) is 8.07. The molecule has 0 saturated heterocycles. The first-order chi connectivity index (χ1) is 13.4. The molecule has 28 heavy (non-hydrogen) atoms. The molecule has 8 heteroatoms. The maximum Gasteiger partial charge on any atom is 0.255 e. The van der Waals surface area contributed by atoms with E-state index in [0.29, 0.717) is 28.5 Å². The third-order valence-electron chi connectivity index (χ3n) is 3.96. The van der Waals surface area contributed by atoms with Crippen LogP contribution >= 0.6 is 0 Å². The first-order valence-electron chi connectivity index (χ1n) is 8.60. The van der Waals surface area contributed by atoms with Gasteiger partial charge in [-0.2, -0.15) is 5.10 Å². The number of nitrogens with zero attached hydrogens (tertiary/aromatic N) is 2. The average Bonchev–Trinajstić information content (AvgIpc) is 2.98. The Labute approximate surface area is 162 Å². The Morgan fingerprint density at radius 2 is 1.79 bits per heavy atom. The average molecular weight is 379 g/mol. The van der Waals surface area contributed by atoms with Crippen molar-refractivity contribution in [3.63, 3.8) is 0 Å². The number of nitrogens with two attached hydrogens (primary N) is 1. The van der Waals surface area contributed by atoms with Crippen molar-refractivity contribution in [2.24, 2.45) is 0 Å². The number of aromatic nitrogens is 2. The maximum absolute atomic E-state index is 12.5. The number of rotatable bonds is 6. The summed E-state index contributed by atoms with van der Waals surface area (Å²) < 4.78 is 6.57. The molecule has 0 aliphatic rings. The standard InChI is InChI=1S/C20H21N5O3/c1-13-9-18(21)25(24-13)12-19(26)22-15-6-3-5-14(10-15)20(27)23-16-7-4-8-17(11-16)28-2/h3-11H,12,21H2,1-2H3,(H,22,26)(H,23,27). The number of amides is 2. The van der Waals surface area contributed by atoms with E-state index in [2.05, 4.69) is 15.7 Å². The van der Waals surface area contributed by atoms with Crippen LogP contribution in [-0.4, -0.2) is 28.7 Å². The molecular formula is C20H21N5O3. The maximum atomic E-state index is 12.5. The molecule has 2 aromatic carbocycles. The molecule has 0 unspecified atom stereocenters. The van der Waals surface area contributed by atoms with Crippen molar-refractivity contribution in [2.45, 2.75) is 13.5 Å². The number of aryl methyl sites for hydroxylation is 1. The highest BCUT2D eigenvalue weighted by Gasteiger charge is 2.11. The second kappa shape index (κ2) is 8.26. The number of ether oxygens (including phenoxy) is 1. The van der Waals surface area contributed by atoms with Gasteiger partial charge in [-0.3, -0.25) is 9.59 Å². The molecule has 1 heterocycles. The van der Waals surface area contributed by atoms with E-state index in [-0.39, 0.29) is 18.4 Å². The number of carbonyl (C=O) groups excluding carboxylic acids is 2. The number of nitrogens with one attached hydrogen (secondary N) is 2. The van der Waals surface area contributed by atoms with Crippen LogP contribution in [0.3, 0.4) is 0 Å². The molecule has 0 bridgehead atoms. The van der Waals surface area contributed by atoms with Crippen LogP contribution in [0.1, 0.15) is 16.1 Å². The van der Waals surface area contributed by atoms with Gasteiger partial charge in [-0.25, -0.2) is 4.68 Å². The minimum atomic E-state index is -0.295. The van der Waals surface area contributed by atoms with Crippen LogP contribution in [0.5, 0.6) is 5.75 Å². The Bertz CT molecular complexity index is 1010. The van der Waals surface area contributed by atoms with Crippen LogP contribution in [0.2, 0.25) is 0 Å². The lowest BCUT2D eigenvalue weighted by molar-refractivity contribution is -0.116. The van der Waals surface area contributed by atoms with Crippen LogP contribution in [0.4, 0.5) is 17.2 Å². The molecule has 144 valence electrons. The van der Waals surface area contributed by atoms with Crippen molar-refractivity contribution < 1.29 is 14.3 Å². The minimum Gasteiger partial charge on any atom is -0.497 e. The van der Waals surface area contributed by atoms with Gasteiger partial charge < -0.3 is 21.1 Å². The van der Waals surface area contributed by atoms with Gasteiger partial charge in [0.1, 0.15) is 18.1 Å². The molecule has 1 aromatic heterocycles. The molecule has 3 rings (SSSR count). The lowest BCUT2D eigenvalue weighted by Crippen LogP contribution is -2.21. The van der Waals surface area contributed by atoms with Gasteiger partial charge in [-0.05, 0) is 37.3 Å². The van der Waals surface area contributed by atoms with E-state index in [0.717, 1.165) is 5.69 Å². The molecule has 0 radical (unpaired) electrons. The van der Waals surface area contributed by atoms with Gasteiger partial charge in [0.2, 0.25) is 5.91 Å². The van der Waals surface area contributed by atoms with Crippen LogP contribution in [0, 0.1) is 6.92 Å². The van der Waals surface area contributed by atoms with Crippen LogP contribution < -0.4 is 21.1 Å². The Morgan fingerprint density at radius 3 is 2.46 bits per heavy atom. The number of carbonyl (C=O) groups is 2.